The maximum absolute atomic E-state index is 13.4. The smallest absolute Gasteiger partial charge is 0.243 e. The van der Waals surface area contributed by atoms with Crippen LogP contribution < -0.4 is 0 Å². The first kappa shape index (κ1) is 18.2. The van der Waals surface area contributed by atoms with E-state index in [2.05, 4.69) is 0 Å². The van der Waals surface area contributed by atoms with Crippen molar-refractivity contribution < 1.29 is 26.7 Å². The van der Waals surface area contributed by atoms with Gasteiger partial charge in [-0.1, -0.05) is 0 Å². The van der Waals surface area contributed by atoms with Gasteiger partial charge in [0.05, 0.1) is 24.0 Å². The zero-order valence-corrected chi connectivity index (χ0v) is 14.5. The third kappa shape index (κ3) is 3.83. The molecule has 3 rings (SSSR count). The van der Waals surface area contributed by atoms with Gasteiger partial charge >= 0.3 is 0 Å². The molecule has 9 heteroatoms. The number of halogens is 2. The van der Waals surface area contributed by atoms with Gasteiger partial charge in [0.2, 0.25) is 15.9 Å². The molecule has 0 unspecified atom stereocenters. The molecule has 0 radical (unpaired) electrons. The fourth-order valence-electron chi connectivity index (χ4n) is 3.19. The van der Waals surface area contributed by atoms with Gasteiger partial charge in [-0.3, -0.25) is 4.79 Å². The first-order valence-corrected chi connectivity index (χ1v) is 9.65. The van der Waals surface area contributed by atoms with Crippen molar-refractivity contribution in [3.8, 4) is 0 Å². The van der Waals surface area contributed by atoms with E-state index in [0.29, 0.717) is 45.2 Å². The summed E-state index contributed by atoms with van der Waals surface area (Å²) in [4.78, 5) is 14.0. The van der Waals surface area contributed by atoms with Crippen LogP contribution in [0.5, 0.6) is 0 Å². The Kier molecular flexibility index (Phi) is 5.35. The number of carbonyl (C=O) groups is 1. The Hall–Kier alpha value is -1.58. The van der Waals surface area contributed by atoms with Crippen molar-refractivity contribution in [1.29, 1.82) is 0 Å². The van der Waals surface area contributed by atoms with E-state index in [0.717, 1.165) is 12.1 Å². The standard InChI is InChI=1S/C16H20F2N2O4S/c17-14-4-3-13(10-15(14)18)25(22,23)20-5-1-2-12(11-20)16(21)19-6-8-24-9-7-19/h3-4,10,12H,1-2,5-9,11H2/t12-/m1/s1. The third-order valence-electron chi connectivity index (χ3n) is 4.58. The van der Waals surface area contributed by atoms with Crippen LogP contribution >= 0.6 is 0 Å². The topological polar surface area (TPSA) is 66.9 Å². The minimum absolute atomic E-state index is 0.0531. The predicted octanol–water partition coefficient (Wildman–Crippen LogP) is 1.22. The molecule has 0 N–H and O–H groups in total. The maximum atomic E-state index is 13.4. The van der Waals surface area contributed by atoms with E-state index in [4.69, 9.17) is 4.74 Å². The monoisotopic (exact) mass is 374 g/mol. The van der Waals surface area contributed by atoms with Gasteiger partial charge in [0.1, 0.15) is 0 Å². The molecule has 0 aromatic heterocycles. The van der Waals surface area contributed by atoms with Crippen LogP contribution in [-0.4, -0.2) is 62.9 Å². The Morgan fingerprint density at radius 1 is 1.12 bits per heavy atom. The van der Waals surface area contributed by atoms with Crippen molar-refractivity contribution in [1.82, 2.24) is 9.21 Å². The van der Waals surface area contributed by atoms with E-state index >= 15 is 0 Å². The van der Waals surface area contributed by atoms with Gasteiger partial charge in [0, 0.05) is 26.2 Å². The summed E-state index contributed by atoms with van der Waals surface area (Å²) < 4.78 is 58.2. The van der Waals surface area contributed by atoms with Crippen LogP contribution in [0.25, 0.3) is 0 Å². The van der Waals surface area contributed by atoms with E-state index in [9.17, 15) is 22.0 Å². The highest BCUT2D eigenvalue weighted by atomic mass is 32.2. The number of benzene rings is 1. The van der Waals surface area contributed by atoms with E-state index in [1.54, 1.807) is 4.90 Å². The molecule has 1 aromatic rings. The number of hydrogen-bond acceptors (Lipinski definition) is 4. The molecule has 2 aliphatic rings. The molecule has 2 aliphatic heterocycles. The van der Waals surface area contributed by atoms with Gasteiger partial charge in [0.25, 0.3) is 0 Å². The lowest BCUT2D eigenvalue weighted by Gasteiger charge is -2.35. The molecule has 2 saturated heterocycles. The molecule has 1 aromatic carbocycles. The Balaban J connectivity index is 1.75. The number of amides is 1. The van der Waals surface area contributed by atoms with Crippen LogP contribution in [0.1, 0.15) is 12.8 Å². The van der Waals surface area contributed by atoms with Crippen molar-refractivity contribution in [2.24, 2.45) is 5.92 Å². The molecule has 2 fully saturated rings. The highest BCUT2D eigenvalue weighted by Crippen LogP contribution is 2.26. The highest BCUT2D eigenvalue weighted by Gasteiger charge is 2.35. The summed E-state index contributed by atoms with van der Waals surface area (Å²) in [7, 11) is -3.97. The zero-order chi connectivity index (χ0) is 18.0. The maximum Gasteiger partial charge on any atom is 0.243 e. The van der Waals surface area contributed by atoms with Crippen molar-refractivity contribution in [3.05, 3.63) is 29.8 Å². The van der Waals surface area contributed by atoms with Crippen LogP contribution in [0.3, 0.4) is 0 Å². The summed E-state index contributed by atoms with van der Waals surface area (Å²) in [5.74, 6) is -2.81. The average Bonchev–Trinajstić information content (AvgIpc) is 2.64. The summed E-state index contributed by atoms with van der Waals surface area (Å²) in [6.45, 7) is 2.28. The summed E-state index contributed by atoms with van der Waals surface area (Å²) in [6.07, 6.45) is 1.16. The molecule has 1 amide bonds. The van der Waals surface area contributed by atoms with Crippen LogP contribution in [0, 0.1) is 17.6 Å². The van der Waals surface area contributed by atoms with E-state index < -0.39 is 27.6 Å². The fraction of sp³-hybridized carbons (Fsp3) is 0.562. The second kappa shape index (κ2) is 7.35. The summed E-state index contributed by atoms with van der Waals surface area (Å²) in [6, 6.07) is 2.52. The van der Waals surface area contributed by atoms with Gasteiger partial charge < -0.3 is 9.64 Å². The number of ether oxygens (including phenoxy) is 1. The molecular formula is C16H20F2N2O4S. The largest absolute Gasteiger partial charge is 0.378 e. The first-order valence-electron chi connectivity index (χ1n) is 8.21. The highest BCUT2D eigenvalue weighted by molar-refractivity contribution is 7.89. The minimum Gasteiger partial charge on any atom is -0.378 e. The normalized spacial score (nSPS) is 22.8. The van der Waals surface area contributed by atoms with Crippen LogP contribution in [0.4, 0.5) is 8.78 Å². The molecular weight excluding hydrogens is 354 g/mol. The molecule has 0 aliphatic carbocycles. The molecule has 25 heavy (non-hydrogen) atoms. The molecule has 0 bridgehead atoms. The van der Waals surface area contributed by atoms with E-state index in [-0.39, 0.29) is 23.9 Å². The predicted molar refractivity (Wildman–Crippen MR) is 85.2 cm³/mol. The van der Waals surface area contributed by atoms with Crippen molar-refractivity contribution in [3.63, 3.8) is 0 Å². The number of piperidine rings is 1. The summed E-state index contributed by atoms with van der Waals surface area (Å²) in [5.41, 5.74) is 0. The second-order valence-electron chi connectivity index (χ2n) is 6.22. The molecule has 0 saturated carbocycles. The molecule has 1 atom stereocenters. The van der Waals surface area contributed by atoms with Crippen LogP contribution in [-0.2, 0) is 19.6 Å². The SMILES string of the molecule is O=C([C@@H]1CCCN(S(=O)(=O)c2ccc(F)c(F)c2)C1)N1CCOCC1. The van der Waals surface area contributed by atoms with Crippen molar-refractivity contribution in [2.75, 3.05) is 39.4 Å². The number of sulfonamides is 1. The van der Waals surface area contributed by atoms with Crippen molar-refractivity contribution >= 4 is 15.9 Å². The summed E-state index contributed by atoms with van der Waals surface area (Å²) in [5, 5.41) is 0. The average molecular weight is 374 g/mol. The zero-order valence-electron chi connectivity index (χ0n) is 13.7. The van der Waals surface area contributed by atoms with E-state index in [1.807, 2.05) is 0 Å². The quantitative estimate of drug-likeness (QED) is 0.798. The number of carbonyl (C=O) groups excluding carboxylic acids is 1. The van der Waals surface area contributed by atoms with Gasteiger partial charge in [-0.25, -0.2) is 17.2 Å². The third-order valence-corrected chi connectivity index (χ3v) is 6.45. The molecule has 138 valence electrons. The van der Waals surface area contributed by atoms with Gasteiger partial charge in [-0.2, -0.15) is 4.31 Å². The number of hydrogen-bond donors (Lipinski definition) is 0. The fourth-order valence-corrected chi connectivity index (χ4v) is 4.73. The lowest BCUT2D eigenvalue weighted by Crippen LogP contribution is -2.49. The lowest BCUT2D eigenvalue weighted by atomic mass is 9.98. The Bertz CT molecular complexity index is 751. The first-order chi connectivity index (χ1) is 11.9. The van der Waals surface area contributed by atoms with Crippen molar-refractivity contribution in [2.45, 2.75) is 17.7 Å². The van der Waals surface area contributed by atoms with Gasteiger partial charge in [0.15, 0.2) is 11.6 Å². The second-order valence-corrected chi connectivity index (χ2v) is 8.15. The molecule has 0 spiro atoms. The van der Waals surface area contributed by atoms with Gasteiger partial charge in [-0.15, -0.1) is 0 Å². The number of morpholine rings is 1. The Morgan fingerprint density at radius 2 is 1.84 bits per heavy atom. The molecule has 2 heterocycles. The van der Waals surface area contributed by atoms with Crippen LogP contribution in [0.2, 0.25) is 0 Å². The number of nitrogens with zero attached hydrogens (tertiary/aromatic N) is 2. The Labute approximate surface area is 145 Å². The van der Waals surface area contributed by atoms with Gasteiger partial charge in [-0.05, 0) is 31.0 Å². The lowest BCUT2D eigenvalue weighted by molar-refractivity contribution is -0.140. The molecule has 6 nitrogen and oxygen atoms in total. The Morgan fingerprint density at radius 3 is 2.52 bits per heavy atom. The number of rotatable bonds is 3. The van der Waals surface area contributed by atoms with Crippen LogP contribution in [0.15, 0.2) is 23.1 Å². The summed E-state index contributed by atoms with van der Waals surface area (Å²) >= 11 is 0. The minimum atomic E-state index is -3.97. The van der Waals surface area contributed by atoms with E-state index in [1.165, 1.54) is 4.31 Å².